The van der Waals surface area contributed by atoms with Crippen LogP contribution in [0, 0.1) is 11.8 Å². The molecule has 0 amide bonds. The lowest BCUT2D eigenvalue weighted by Crippen LogP contribution is -2.11. The highest BCUT2D eigenvalue weighted by atomic mass is 14.8. The molecule has 1 N–H and O–H groups in total. The number of hydrogen-bond acceptors (Lipinski definition) is 1. The largest absolute Gasteiger partial charge is 0.366 e. The van der Waals surface area contributed by atoms with E-state index in [1.165, 1.54) is 35.1 Å². The van der Waals surface area contributed by atoms with Gasteiger partial charge in [-0.3, -0.25) is 0 Å². The Bertz CT molecular complexity index is 502. The second-order valence-corrected chi connectivity index (χ2v) is 6.71. The van der Waals surface area contributed by atoms with Gasteiger partial charge in [-0.15, -0.1) is 0 Å². The predicted molar refractivity (Wildman–Crippen MR) is 99.5 cm³/mol. The monoisotopic (exact) mass is 299 g/mol. The number of nitrogens with one attached hydrogen (secondary N) is 1. The minimum atomic E-state index is 0.611. The fourth-order valence-electron chi connectivity index (χ4n) is 3.10. The van der Waals surface area contributed by atoms with Gasteiger partial charge in [0.2, 0.25) is 0 Å². The molecular formula is C21H33N. The van der Waals surface area contributed by atoms with Gasteiger partial charge in [0.25, 0.3) is 0 Å². The Labute approximate surface area is 137 Å². The van der Waals surface area contributed by atoms with Gasteiger partial charge in [-0.25, -0.2) is 0 Å². The standard InChI is InChI=1S/C21H33N/c1-8-16(4)21-18(6)13-20(14-19(21)7)17(5)11-9-10-12-22-15(2)3/h10,12,14,16-17,22H,2,6,8-9,11,13H2,1,3-5,7H3/b12-10+. The van der Waals surface area contributed by atoms with Crippen molar-refractivity contribution in [2.75, 3.05) is 0 Å². The van der Waals surface area contributed by atoms with Crippen molar-refractivity contribution in [3.8, 4) is 0 Å². The van der Waals surface area contributed by atoms with Gasteiger partial charge in [-0.05, 0) is 74.3 Å². The lowest BCUT2D eigenvalue weighted by Gasteiger charge is -2.27. The predicted octanol–water partition coefficient (Wildman–Crippen LogP) is 6.29. The van der Waals surface area contributed by atoms with Crippen LogP contribution in [0.2, 0.25) is 0 Å². The fraction of sp³-hybridized carbons (Fsp3) is 0.524. The topological polar surface area (TPSA) is 12.0 Å². The molecule has 2 atom stereocenters. The summed E-state index contributed by atoms with van der Waals surface area (Å²) in [4.78, 5) is 0. The van der Waals surface area contributed by atoms with Crippen LogP contribution < -0.4 is 5.32 Å². The van der Waals surface area contributed by atoms with Crippen LogP contribution in [0.1, 0.15) is 60.3 Å². The highest BCUT2D eigenvalue weighted by molar-refractivity contribution is 5.47. The Morgan fingerprint density at radius 1 is 1.36 bits per heavy atom. The van der Waals surface area contributed by atoms with E-state index in [0.29, 0.717) is 11.8 Å². The van der Waals surface area contributed by atoms with Crippen LogP contribution in [-0.2, 0) is 0 Å². The first-order valence-electron chi connectivity index (χ1n) is 8.53. The quantitative estimate of drug-likeness (QED) is 0.555. The third-order valence-electron chi connectivity index (χ3n) is 4.58. The van der Waals surface area contributed by atoms with Crippen molar-refractivity contribution in [2.45, 2.75) is 60.3 Å². The smallest absolute Gasteiger partial charge is 0.00419 e. The molecule has 0 spiro atoms. The van der Waals surface area contributed by atoms with E-state index in [1.807, 2.05) is 13.1 Å². The molecule has 0 heterocycles. The van der Waals surface area contributed by atoms with Gasteiger partial charge in [-0.1, -0.05) is 51.7 Å². The summed E-state index contributed by atoms with van der Waals surface area (Å²) < 4.78 is 0. The summed E-state index contributed by atoms with van der Waals surface area (Å²) in [6, 6.07) is 0. The molecule has 1 aliphatic carbocycles. The second kappa shape index (κ2) is 8.82. The maximum Gasteiger partial charge on any atom is 0.00419 e. The zero-order valence-corrected chi connectivity index (χ0v) is 15.1. The highest BCUT2D eigenvalue weighted by Crippen LogP contribution is 2.37. The summed E-state index contributed by atoms with van der Waals surface area (Å²) >= 11 is 0. The van der Waals surface area contributed by atoms with Crippen molar-refractivity contribution in [3.05, 3.63) is 59.5 Å². The number of allylic oxidation sites excluding steroid dienone is 7. The van der Waals surface area contributed by atoms with E-state index in [-0.39, 0.29) is 0 Å². The lowest BCUT2D eigenvalue weighted by atomic mass is 9.78. The molecule has 22 heavy (non-hydrogen) atoms. The summed E-state index contributed by atoms with van der Waals surface area (Å²) in [5, 5.41) is 3.13. The molecule has 1 heteroatoms. The normalized spacial score (nSPS) is 18.4. The molecule has 2 unspecified atom stereocenters. The first-order chi connectivity index (χ1) is 10.4. The van der Waals surface area contributed by atoms with Crippen LogP contribution in [0.3, 0.4) is 0 Å². The Morgan fingerprint density at radius 3 is 2.59 bits per heavy atom. The fourth-order valence-corrected chi connectivity index (χ4v) is 3.10. The van der Waals surface area contributed by atoms with E-state index < -0.39 is 0 Å². The molecule has 1 aliphatic rings. The molecule has 0 bridgehead atoms. The van der Waals surface area contributed by atoms with Crippen LogP contribution in [0.5, 0.6) is 0 Å². The van der Waals surface area contributed by atoms with Gasteiger partial charge in [0.15, 0.2) is 0 Å². The zero-order chi connectivity index (χ0) is 16.7. The average Bonchev–Trinajstić information content (AvgIpc) is 2.45. The van der Waals surface area contributed by atoms with Crippen LogP contribution in [-0.4, -0.2) is 0 Å². The molecular weight excluding hydrogens is 266 g/mol. The molecule has 0 aromatic rings. The first kappa shape index (κ1) is 18.5. The molecule has 0 aromatic heterocycles. The van der Waals surface area contributed by atoms with Crippen LogP contribution in [0.4, 0.5) is 0 Å². The molecule has 0 fully saturated rings. The number of rotatable bonds is 8. The lowest BCUT2D eigenvalue weighted by molar-refractivity contribution is 0.592. The van der Waals surface area contributed by atoms with E-state index in [9.17, 15) is 0 Å². The van der Waals surface area contributed by atoms with Crippen LogP contribution >= 0.6 is 0 Å². The molecule has 0 radical (unpaired) electrons. The highest BCUT2D eigenvalue weighted by Gasteiger charge is 2.20. The summed E-state index contributed by atoms with van der Waals surface area (Å²) in [5.41, 5.74) is 6.76. The van der Waals surface area contributed by atoms with Gasteiger partial charge >= 0.3 is 0 Å². The Kier molecular flexibility index (Phi) is 7.44. The maximum atomic E-state index is 4.34. The van der Waals surface area contributed by atoms with Crippen molar-refractivity contribution >= 4 is 0 Å². The average molecular weight is 300 g/mol. The zero-order valence-electron chi connectivity index (χ0n) is 15.1. The van der Waals surface area contributed by atoms with Crippen molar-refractivity contribution in [1.82, 2.24) is 5.32 Å². The van der Waals surface area contributed by atoms with Crippen LogP contribution in [0.25, 0.3) is 0 Å². The molecule has 1 nitrogen and oxygen atoms in total. The third-order valence-corrected chi connectivity index (χ3v) is 4.58. The van der Waals surface area contributed by atoms with E-state index in [2.05, 4.69) is 58.3 Å². The SMILES string of the molecule is C=C(C)N/C=C/CCC(C)C1=CC(C)=C(C(C)CC)C(=C)C1. The van der Waals surface area contributed by atoms with Gasteiger partial charge in [0.05, 0.1) is 0 Å². The van der Waals surface area contributed by atoms with Gasteiger partial charge in [-0.2, -0.15) is 0 Å². The van der Waals surface area contributed by atoms with Crippen molar-refractivity contribution in [2.24, 2.45) is 11.8 Å². The first-order valence-corrected chi connectivity index (χ1v) is 8.53. The Balaban J connectivity index is 2.65. The second-order valence-electron chi connectivity index (χ2n) is 6.71. The van der Waals surface area contributed by atoms with Crippen molar-refractivity contribution < 1.29 is 0 Å². The molecule has 0 saturated heterocycles. The molecule has 0 saturated carbocycles. The van der Waals surface area contributed by atoms with Crippen molar-refractivity contribution in [3.63, 3.8) is 0 Å². The van der Waals surface area contributed by atoms with E-state index in [4.69, 9.17) is 0 Å². The summed E-state index contributed by atoms with van der Waals surface area (Å²) in [5.74, 6) is 1.23. The Hall–Kier alpha value is -1.50. The minimum Gasteiger partial charge on any atom is -0.366 e. The van der Waals surface area contributed by atoms with Crippen LogP contribution in [0.15, 0.2) is 59.5 Å². The van der Waals surface area contributed by atoms with Gasteiger partial charge in [0.1, 0.15) is 0 Å². The van der Waals surface area contributed by atoms with Gasteiger partial charge < -0.3 is 5.32 Å². The molecule has 1 rings (SSSR count). The molecule has 122 valence electrons. The summed E-state index contributed by atoms with van der Waals surface area (Å²) in [6.45, 7) is 19.3. The minimum absolute atomic E-state index is 0.611. The summed E-state index contributed by atoms with van der Waals surface area (Å²) in [6.07, 6.45) is 11.1. The molecule has 0 aliphatic heterocycles. The Morgan fingerprint density at radius 2 is 2.05 bits per heavy atom. The summed E-state index contributed by atoms with van der Waals surface area (Å²) in [7, 11) is 0. The van der Waals surface area contributed by atoms with E-state index in [0.717, 1.165) is 18.5 Å². The number of hydrogen-bond donors (Lipinski definition) is 1. The van der Waals surface area contributed by atoms with E-state index >= 15 is 0 Å². The van der Waals surface area contributed by atoms with Crippen molar-refractivity contribution in [1.29, 1.82) is 0 Å². The van der Waals surface area contributed by atoms with Gasteiger partial charge in [0, 0.05) is 5.70 Å². The third kappa shape index (κ3) is 5.36. The maximum absolute atomic E-state index is 4.34. The molecule has 0 aromatic carbocycles. The van der Waals surface area contributed by atoms with E-state index in [1.54, 1.807) is 0 Å².